The minimum Gasteiger partial charge on any atom is -0.394 e. The molecule has 12 N–H and O–H groups in total. The lowest BCUT2D eigenvalue weighted by molar-refractivity contribution is -0.379. The molecule has 17 atom stereocenters. The predicted octanol–water partition coefficient (Wildman–Crippen LogP) is 14.7. The van der Waals surface area contributed by atoms with E-state index in [2.05, 4.69) is 43.5 Å². The lowest BCUT2D eigenvalue weighted by Gasteiger charge is -2.48. The molecule has 0 saturated carbocycles. The highest BCUT2D eigenvalue weighted by atomic mass is 16.8. The second-order valence-corrected chi connectivity index (χ2v) is 30.3. The Bertz CT molecular complexity index is 1980. The molecule has 0 aliphatic carbocycles. The van der Waals surface area contributed by atoms with Crippen molar-refractivity contribution in [2.24, 2.45) is 0 Å². The van der Waals surface area contributed by atoms with Gasteiger partial charge in [0.15, 0.2) is 18.9 Å². The SMILES string of the molecule is CCCCCCCCCCCCCCCCCC/C=C/CC/C=C/CC/C=C/C(O)C(COC1OC(CO)C(OC2OC(CO)C(OC3OC(CO)C(O)C(O)C3O)C(O)C2O)C(O)C1O)NC(=O)CCCCCCCCCCCCCCCCCCCCCCCCCCCCCCCCC. The molecule has 3 fully saturated rings. The van der Waals surface area contributed by atoms with E-state index in [4.69, 9.17) is 28.4 Å². The number of unbranched alkanes of at least 4 members (excludes halogenated alkanes) is 48. The number of hydrogen-bond donors (Lipinski definition) is 12. The van der Waals surface area contributed by atoms with E-state index in [-0.39, 0.29) is 18.9 Å². The van der Waals surface area contributed by atoms with Crippen molar-refractivity contribution in [1.82, 2.24) is 5.32 Å². The van der Waals surface area contributed by atoms with Crippen LogP contribution >= 0.6 is 0 Å². The summed E-state index contributed by atoms with van der Waals surface area (Å²) in [7, 11) is 0. The van der Waals surface area contributed by atoms with E-state index in [0.29, 0.717) is 12.8 Å². The number of rotatable bonds is 68. The van der Waals surface area contributed by atoms with Gasteiger partial charge in [0.2, 0.25) is 5.91 Å². The van der Waals surface area contributed by atoms with Crippen molar-refractivity contribution in [2.45, 2.75) is 458 Å². The van der Waals surface area contributed by atoms with Gasteiger partial charge in [0.25, 0.3) is 0 Å². The summed E-state index contributed by atoms with van der Waals surface area (Å²) in [6, 6.07) is -0.996. The van der Waals surface area contributed by atoms with Crippen molar-refractivity contribution < 1.29 is 89.4 Å². The van der Waals surface area contributed by atoms with Gasteiger partial charge >= 0.3 is 0 Å². The molecule has 1 amide bonds. The van der Waals surface area contributed by atoms with E-state index in [0.717, 1.165) is 44.9 Å². The smallest absolute Gasteiger partial charge is 0.220 e. The maximum atomic E-state index is 13.5. The van der Waals surface area contributed by atoms with Crippen LogP contribution in [0.15, 0.2) is 36.5 Å². The van der Waals surface area contributed by atoms with Crippen molar-refractivity contribution in [3.8, 4) is 0 Å². The second kappa shape index (κ2) is 63.9. The maximum Gasteiger partial charge on any atom is 0.220 e. The zero-order chi connectivity index (χ0) is 73.9. The number of ether oxygens (including phenoxy) is 6. The summed E-state index contributed by atoms with van der Waals surface area (Å²) in [5, 5.41) is 121. The summed E-state index contributed by atoms with van der Waals surface area (Å²) in [5.41, 5.74) is 0. The third-order valence-electron chi connectivity index (χ3n) is 21.2. The van der Waals surface area contributed by atoms with Crippen LogP contribution in [-0.2, 0) is 33.2 Å². The Balaban J connectivity index is 1.37. The van der Waals surface area contributed by atoms with Gasteiger partial charge in [0.1, 0.15) is 73.2 Å². The van der Waals surface area contributed by atoms with Crippen LogP contribution in [0.25, 0.3) is 0 Å². The molecule has 600 valence electrons. The number of carbonyl (C=O) groups excluding carboxylic acids is 1. The Labute approximate surface area is 619 Å². The zero-order valence-corrected chi connectivity index (χ0v) is 64.4. The Morgan fingerprint density at radius 2 is 0.627 bits per heavy atom. The van der Waals surface area contributed by atoms with Crippen molar-refractivity contribution in [3.63, 3.8) is 0 Å². The first-order valence-corrected chi connectivity index (χ1v) is 42.2. The molecule has 0 aromatic rings. The van der Waals surface area contributed by atoms with E-state index < -0.39 is 124 Å². The van der Waals surface area contributed by atoms with Gasteiger partial charge in [0, 0.05) is 6.42 Å². The minimum atomic E-state index is -1.98. The van der Waals surface area contributed by atoms with Crippen LogP contribution in [0.4, 0.5) is 0 Å². The number of hydrogen-bond acceptors (Lipinski definition) is 18. The quantitative estimate of drug-likeness (QED) is 0.0199. The molecule has 3 aliphatic heterocycles. The van der Waals surface area contributed by atoms with E-state index in [1.807, 2.05) is 6.08 Å². The molecule has 17 unspecified atom stereocenters. The lowest BCUT2D eigenvalue weighted by Crippen LogP contribution is -2.66. The lowest BCUT2D eigenvalue weighted by atomic mass is 9.96. The Kier molecular flexibility index (Phi) is 59.0. The number of carbonyl (C=O) groups is 1. The molecule has 3 heterocycles. The molecule has 3 saturated heterocycles. The highest BCUT2D eigenvalue weighted by Crippen LogP contribution is 2.33. The topological polar surface area (TPSA) is 307 Å². The van der Waals surface area contributed by atoms with E-state index >= 15 is 0 Å². The molecule has 102 heavy (non-hydrogen) atoms. The summed E-state index contributed by atoms with van der Waals surface area (Å²) in [6.45, 7) is 1.77. The molecule has 0 radical (unpaired) electrons. The largest absolute Gasteiger partial charge is 0.394 e. The van der Waals surface area contributed by atoms with Gasteiger partial charge in [-0.3, -0.25) is 4.79 Å². The molecule has 0 aromatic carbocycles. The highest BCUT2D eigenvalue weighted by molar-refractivity contribution is 5.76. The normalized spacial score (nSPS) is 26.3. The molecule has 19 nitrogen and oxygen atoms in total. The molecule has 0 spiro atoms. The van der Waals surface area contributed by atoms with Gasteiger partial charge in [-0.15, -0.1) is 0 Å². The molecular formula is C83H155NO18. The first-order chi connectivity index (χ1) is 49.8. The number of nitrogens with one attached hydrogen (secondary N) is 1. The number of allylic oxidation sites excluding steroid dienone is 5. The first kappa shape index (κ1) is 94.2. The summed E-state index contributed by atoms with van der Waals surface area (Å²) < 4.78 is 34.5. The average Bonchev–Trinajstić information content (AvgIpc) is 0.779. The van der Waals surface area contributed by atoms with Gasteiger partial charge in [0.05, 0.1) is 38.6 Å². The Hall–Kier alpha value is -1.99. The monoisotopic (exact) mass is 1450 g/mol. The fraction of sp³-hybridized carbons (Fsp3) is 0.916. The van der Waals surface area contributed by atoms with Gasteiger partial charge in [-0.25, -0.2) is 0 Å². The zero-order valence-electron chi connectivity index (χ0n) is 64.4. The number of aliphatic hydroxyl groups excluding tert-OH is 11. The van der Waals surface area contributed by atoms with Crippen LogP contribution < -0.4 is 5.32 Å². The third kappa shape index (κ3) is 43.3. The fourth-order valence-electron chi connectivity index (χ4n) is 14.4. The molecule has 0 bridgehead atoms. The summed E-state index contributed by atoms with van der Waals surface area (Å²) in [6.07, 6.45) is 53.0. The fourth-order valence-corrected chi connectivity index (χ4v) is 14.4. The van der Waals surface area contributed by atoms with Crippen LogP contribution in [0.5, 0.6) is 0 Å². The van der Waals surface area contributed by atoms with E-state index in [1.165, 1.54) is 276 Å². The van der Waals surface area contributed by atoms with E-state index in [1.54, 1.807) is 6.08 Å². The van der Waals surface area contributed by atoms with Gasteiger partial charge in [-0.05, 0) is 44.9 Å². The predicted molar refractivity (Wildman–Crippen MR) is 406 cm³/mol. The standard InChI is InChI=1S/C83H155NO18/c1-3-5-7-9-11-13-15-17-19-21-23-25-27-29-31-32-33-34-35-37-39-41-43-45-47-49-51-53-55-57-59-61-71(89)84-66(67(88)60-58-56-54-52-50-48-46-44-42-40-38-36-30-28-26-24-22-20-18-16-14-12-10-8-6-4-2)65-97-81-77(95)74(92)79(69(63-86)99-81)102-83-78(96)75(93)80(70(64-87)100-83)101-82-76(94)73(91)72(90)68(62-85)98-82/h42,44,50,52,58,60,66-70,72-83,85-88,90-96H,3-41,43,45-49,51,53-57,59,61-65H2,1-2H3,(H,84,89)/b44-42+,52-50+,60-58+. The van der Waals surface area contributed by atoms with Gasteiger partial charge in [-0.2, -0.15) is 0 Å². The number of aliphatic hydroxyl groups is 11. The molecule has 3 rings (SSSR count). The number of amides is 1. The van der Waals surface area contributed by atoms with Crippen LogP contribution in [0, 0.1) is 0 Å². The molecule has 3 aliphatic rings. The Morgan fingerprint density at radius 1 is 0.343 bits per heavy atom. The minimum absolute atomic E-state index is 0.237. The summed E-state index contributed by atoms with van der Waals surface area (Å²) >= 11 is 0. The van der Waals surface area contributed by atoms with Crippen LogP contribution in [-0.4, -0.2) is 193 Å². The summed E-state index contributed by atoms with van der Waals surface area (Å²) in [4.78, 5) is 13.5. The van der Waals surface area contributed by atoms with Crippen molar-refractivity contribution >= 4 is 5.91 Å². The second-order valence-electron chi connectivity index (χ2n) is 30.3. The van der Waals surface area contributed by atoms with Gasteiger partial charge in [-0.1, -0.05) is 339 Å². The van der Waals surface area contributed by atoms with Crippen LogP contribution in [0.3, 0.4) is 0 Å². The Morgan fingerprint density at radius 3 is 0.980 bits per heavy atom. The van der Waals surface area contributed by atoms with E-state index in [9.17, 15) is 61.0 Å². The van der Waals surface area contributed by atoms with Gasteiger partial charge < -0.3 is 89.9 Å². The molecule has 19 heteroatoms. The summed E-state index contributed by atoms with van der Waals surface area (Å²) in [5.74, 6) is -0.282. The first-order valence-electron chi connectivity index (χ1n) is 42.2. The van der Waals surface area contributed by atoms with Crippen molar-refractivity contribution in [3.05, 3.63) is 36.5 Å². The van der Waals surface area contributed by atoms with Crippen LogP contribution in [0.1, 0.15) is 354 Å². The van der Waals surface area contributed by atoms with Crippen molar-refractivity contribution in [2.75, 3.05) is 26.4 Å². The highest BCUT2D eigenvalue weighted by Gasteiger charge is 2.54. The average molecular weight is 1460 g/mol. The van der Waals surface area contributed by atoms with Crippen molar-refractivity contribution in [1.29, 1.82) is 0 Å². The van der Waals surface area contributed by atoms with Crippen LogP contribution in [0.2, 0.25) is 0 Å². The third-order valence-corrected chi connectivity index (χ3v) is 21.2. The molecule has 0 aromatic heterocycles. The maximum absolute atomic E-state index is 13.5. The molecular weight excluding hydrogens is 1300 g/mol.